The van der Waals surface area contributed by atoms with Crippen LogP contribution in [0.1, 0.15) is 31.1 Å². The highest BCUT2D eigenvalue weighted by Crippen LogP contribution is 2.36. The van der Waals surface area contributed by atoms with Crippen molar-refractivity contribution in [3.63, 3.8) is 0 Å². The Balaban J connectivity index is 2.07. The van der Waals surface area contributed by atoms with E-state index in [9.17, 15) is 19.5 Å². The summed E-state index contributed by atoms with van der Waals surface area (Å²) in [6.45, 7) is 0. The molecule has 0 atom stereocenters. The third-order valence-corrected chi connectivity index (χ3v) is 5.53. The zero-order valence-electron chi connectivity index (χ0n) is 15.2. The first-order valence-electron chi connectivity index (χ1n) is 9.11. The molecule has 5 rings (SSSR count). The van der Waals surface area contributed by atoms with E-state index >= 15 is 0 Å². The zero-order chi connectivity index (χ0) is 20.1. The fourth-order valence-electron chi connectivity index (χ4n) is 4.19. The lowest BCUT2D eigenvalue weighted by molar-refractivity contribution is 0.0698. The Kier molecular flexibility index (Phi) is 3.68. The molecule has 0 unspecified atom stereocenters. The van der Waals surface area contributed by atoms with Crippen LogP contribution in [0, 0.1) is 0 Å². The summed E-state index contributed by atoms with van der Waals surface area (Å²) in [5.41, 5.74) is 1.11. The summed E-state index contributed by atoms with van der Waals surface area (Å²) in [7, 11) is 0. The number of carbonyl (C=O) groups is 3. The van der Waals surface area contributed by atoms with Crippen LogP contribution >= 0.6 is 0 Å². The number of aldehydes is 2. The molecule has 5 aromatic rings. The van der Waals surface area contributed by atoms with E-state index in [1.165, 1.54) is 6.07 Å². The minimum absolute atomic E-state index is 0.160. The molecule has 0 saturated carbocycles. The second-order valence-electron chi connectivity index (χ2n) is 7.04. The van der Waals surface area contributed by atoms with Gasteiger partial charge in [-0.2, -0.15) is 0 Å². The van der Waals surface area contributed by atoms with E-state index < -0.39 is 5.97 Å². The average Bonchev–Trinajstić information content (AvgIpc) is 2.74. The topological polar surface area (TPSA) is 71.4 Å². The van der Waals surface area contributed by atoms with Gasteiger partial charge in [0.2, 0.25) is 0 Å². The van der Waals surface area contributed by atoms with E-state index in [0.29, 0.717) is 43.4 Å². The lowest BCUT2D eigenvalue weighted by Crippen LogP contribution is -1.99. The first kappa shape index (κ1) is 17.1. The van der Waals surface area contributed by atoms with Gasteiger partial charge < -0.3 is 5.11 Å². The van der Waals surface area contributed by atoms with Gasteiger partial charge in [0, 0.05) is 11.1 Å². The van der Waals surface area contributed by atoms with Crippen molar-refractivity contribution in [2.75, 3.05) is 0 Å². The van der Waals surface area contributed by atoms with Crippen molar-refractivity contribution >= 4 is 61.6 Å². The van der Waals surface area contributed by atoms with Crippen LogP contribution in [-0.4, -0.2) is 23.6 Å². The quantitative estimate of drug-likeness (QED) is 0.327. The van der Waals surface area contributed by atoms with Gasteiger partial charge in [-0.1, -0.05) is 36.4 Å². The van der Waals surface area contributed by atoms with Gasteiger partial charge in [0.15, 0.2) is 12.6 Å². The molecule has 4 nitrogen and oxygen atoms in total. The molecule has 0 amide bonds. The summed E-state index contributed by atoms with van der Waals surface area (Å²) in [6.07, 6.45) is 1.59. The van der Waals surface area contributed by atoms with Crippen molar-refractivity contribution in [1.29, 1.82) is 0 Å². The first-order chi connectivity index (χ1) is 14.1. The first-order valence-corrected chi connectivity index (χ1v) is 9.11. The number of carbonyl (C=O) groups excluding carboxylic acids is 2. The summed E-state index contributed by atoms with van der Waals surface area (Å²) in [5.74, 6) is -1.04. The van der Waals surface area contributed by atoms with Crippen LogP contribution in [0.2, 0.25) is 0 Å². The molecule has 0 saturated heterocycles. The maximum Gasteiger partial charge on any atom is 0.336 e. The second kappa shape index (κ2) is 6.24. The molecule has 0 heterocycles. The molecule has 0 bridgehead atoms. The predicted molar refractivity (Wildman–Crippen MR) is 114 cm³/mol. The van der Waals surface area contributed by atoms with Crippen molar-refractivity contribution in [1.82, 2.24) is 0 Å². The highest BCUT2D eigenvalue weighted by Gasteiger charge is 2.17. The molecule has 0 spiro atoms. The second-order valence-corrected chi connectivity index (χ2v) is 7.04. The number of hydrogen-bond acceptors (Lipinski definition) is 3. The number of carboxylic acid groups (broad SMARTS) is 1. The molecule has 1 N–H and O–H groups in total. The molecular weight excluding hydrogens is 364 g/mol. The van der Waals surface area contributed by atoms with Gasteiger partial charge in [-0.3, -0.25) is 9.59 Å². The van der Waals surface area contributed by atoms with E-state index in [4.69, 9.17) is 0 Å². The van der Waals surface area contributed by atoms with E-state index in [1.807, 2.05) is 36.4 Å². The van der Waals surface area contributed by atoms with Crippen LogP contribution in [0.15, 0.2) is 66.7 Å². The highest BCUT2D eigenvalue weighted by molar-refractivity contribution is 6.24. The van der Waals surface area contributed by atoms with Crippen molar-refractivity contribution in [2.45, 2.75) is 0 Å². The van der Waals surface area contributed by atoms with Gasteiger partial charge in [-0.15, -0.1) is 0 Å². The molecule has 0 aliphatic carbocycles. The molecule has 4 heteroatoms. The van der Waals surface area contributed by atoms with Crippen molar-refractivity contribution in [3.8, 4) is 0 Å². The SMILES string of the molecule is O=Cc1c2cc3ccccc3cc2c(C=O)c2cc3c(C(=O)O)cccc3cc12. The van der Waals surface area contributed by atoms with E-state index in [0.717, 1.165) is 23.3 Å². The average molecular weight is 378 g/mol. The van der Waals surface area contributed by atoms with Crippen LogP contribution in [-0.2, 0) is 0 Å². The predicted octanol–water partition coefficient (Wildman–Crippen LogP) is 5.62. The molecule has 0 aliphatic heterocycles. The van der Waals surface area contributed by atoms with Crippen LogP contribution in [0.25, 0.3) is 43.1 Å². The highest BCUT2D eigenvalue weighted by atomic mass is 16.4. The molecule has 0 aromatic heterocycles. The third-order valence-electron chi connectivity index (χ3n) is 5.53. The summed E-state index contributed by atoms with van der Waals surface area (Å²) in [6, 6.07) is 20.1. The molecular formula is C25H14O4. The summed E-state index contributed by atoms with van der Waals surface area (Å²) < 4.78 is 0. The number of rotatable bonds is 3. The summed E-state index contributed by atoms with van der Waals surface area (Å²) in [5, 5.41) is 15.3. The van der Waals surface area contributed by atoms with Crippen LogP contribution < -0.4 is 0 Å². The monoisotopic (exact) mass is 378 g/mol. The molecule has 5 aromatic carbocycles. The number of carboxylic acids is 1. The molecule has 0 radical (unpaired) electrons. The van der Waals surface area contributed by atoms with Gasteiger partial charge >= 0.3 is 5.97 Å². The Morgan fingerprint density at radius 1 is 0.621 bits per heavy atom. The minimum atomic E-state index is -1.04. The van der Waals surface area contributed by atoms with E-state index in [-0.39, 0.29) is 5.56 Å². The van der Waals surface area contributed by atoms with E-state index in [2.05, 4.69) is 0 Å². The van der Waals surface area contributed by atoms with Crippen LogP contribution in [0.5, 0.6) is 0 Å². The standard InChI is InChI=1S/C25H14O4/c26-12-23-19-8-14-4-1-2-5-15(14)9-20(19)24(13-27)22-11-18-16(10-21(22)23)6-3-7-17(18)25(28)29/h1-13H,(H,28,29). The number of benzene rings is 5. The maximum atomic E-state index is 12.1. The van der Waals surface area contributed by atoms with Crippen molar-refractivity contribution in [2.24, 2.45) is 0 Å². The Bertz CT molecular complexity index is 1510. The molecule has 29 heavy (non-hydrogen) atoms. The Morgan fingerprint density at radius 3 is 1.62 bits per heavy atom. The Labute approximate surface area is 165 Å². The van der Waals surface area contributed by atoms with Gasteiger partial charge in [-0.05, 0) is 73.4 Å². The molecule has 138 valence electrons. The van der Waals surface area contributed by atoms with Crippen molar-refractivity contribution < 1.29 is 19.5 Å². The number of fused-ring (bicyclic) bond motifs is 4. The Morgan fingerprint density at radius 2 is 1.10 bits per heavy atom. The van der Waals surface area contributed by atoms with Gasteiger partial charge in [0.05, 0.1) is 5.56 Å². The Hall–Kier alpha value is -4.05. The third kappa shape index (κ3) is 2.43. The smallest absolute Gasteiger partial charge is 0.336 e. The molecule has 0 fully saturated rings. The summed E-state index contributed by atoms with van der Waals surface area (Å²) in [4.78, 5) is 35.9. The lowest BCUT2D eigenvalue weighted by atomic mass is 9.88. The minimum Gasteiger partial charge on any atom is -0.478 e. The fraction of sp³-hybridized carbons (Fsp3) is 0. The van der Waals surface area contributed by atoms with Gasteiger partial charge in [0.1, 0.15) is 0 Å². The van der Waals surface area contributed by atoms with Crippen LogP contribution in [0.3, 0.4) is 0 Å². The van der Waals surface area contributed by atoms with Gasteiger partial charge in [-0.25, -0.2) is 4.79 Å². The lowest BCUT2D eigenvalue weighted by Gasteiger charge is -2.14. The van der Waals surface area contributed by atoms with E-state index in [1.54, 1.807) is 24.3 Å². The number of hydrogen-bond donors (Lipinski definition) is 1. The van der Waals surface area contributed by atoms with Gasteiger partial charge in [0.25, 0.3) is 0 Å². The number of aromatic carboxylic acids is 1. The fourth-order valence-corrected chi connectivity index (χ4v) is 4.19. The van der Waals surface area contributed by atoms with Crippen LogP contribution in [0.4, 0.5) is 0 Å². The normalized spacial score (nSPS) is 11.3. The molecule has 0 aliphatic rings. The largest absolute Gasteiger partial charge is 0.478 e. The van der Waals surface area contributed by atoms with Crippen molar-refractivity contribution in [3.05, 3.63) is 83.4 Å². The summed E-state index contributed by atoms with van der Waals surface area (Å²) >= 11 is 0. The zero-order valence-corrected chi connectivity index (χ0v) is 15.2. The maximum absolute atomic E-state index is 12.1.